The number of rotatable bonds is 6. The van der Waals surface area contributed by atoms with Crippen LogP contribution < -0.4 is 16.0 Å². The van der Waals surface area contributed by atoms with E-state index in [1.54, 1.807) is 13.0 Å². The van der Waals surface area contributed by atoms with Gasteiger partial charge in [-0.25, -0.2) is 0 Å². The van der Waals surface area contributed by atoms with E-state index in [4.69, 9.17) is 0 Å². The number of anilines is 1. The molecule has 0 spiro atoms. The summed E-state index contributed by atoms with van der Waals surface area (Å²) in [4.78, 5) is 24.2. The Balaban J connectivity index is 2.00. The molecule has 0 radical (unpaired) electrons. The molecule has 2 rings (SSSR count). The van der Waals surface area contributed by atoms with Crippen molar-refractivity contribution >= 4 is 17.5 Å². The van der Waals surface area contributed by atoms with Crippen LogP contribution in [-0.2, 0) is 4.79 Å². The normalized spacial score (nSPS) is 15.4. The van der Waals surface area contributed by atoms with Gasteiger partial charge in [0.25, 0.3) is 5.91 Å². The Kier molecular flexibility index (Phi) is 4.83. The third-order valence-electron chi connectivity index (χ3n) is 3.28. The van der Waals surface area contributed by atoms with Gasteiger partial charge in [-0.05, 0) is 45.7 Å². The summed E-state index contributed by atoms with van der Waals surface area (Å²) in [5.74, 6) is -0.364. The quantitative estimate of drug-likeness (QED) is 0.749. The second-order valence-electron chi connectivity index (χ2n) is 5.82. The second kappa shape index (κ2) is 6.61. The van der Waals surface area contributed by atoms with Gasteiger partial charge in [-0.1, -0.05) is 12.1 Å². The highest BCUT2D eigenvalue weighted by Crippen LogP contribution is 2.19. The van der Waals surface area contributed by atoms with Crippen LogP contribution in [-0.4, -0.2) is 29.9 Å². The average Bonchev–Trinajstić information content (AvgIpc) is 3.22. The molecule has 0 aliphatic heterocycles. The molecule has 3 N–H and O–H groups in total. The molecular formula is C16H23N3O2. The highest BCUT2D eigenvalue weighted by atomic mass is 16.2. The minimum atomic E-state index is -0.537. The predicted octanol–water partition coefficient (Wildman–Crippen LogP) is 1.90. The van der Waals surface area contributed by atoms with Gasteiger partial charge >= 0.3 is 0 Å². The molecule has 1 atom stereocenters. The second-order valence-corrected chi connectivity index (χ2v) is 5.82. The molecule has 0 bridgehead atoms. The number of benzene rings is 1. The van der Waals surface area contributed by atoms with E-state index in [9.17, 15) is 9.59 Å². The summed E-state index contributed by atoms with van der Waals surface area (Å²) >= 11 is 0. The minimum absolute atomic E-state index is 0.125. The first-order valence-electron chi connectivity index (χ1n) is 7.44. The van der Waals surface area contributed by atoms with E-state index in [-0.39, 0.29) is 17.9 Å². The fourth-order valence-electron chi connectivity index (χ4n) is 2.01. The van der Waals surface area contributed by atoms with Crippen molar-refractivity contribution in [3.63, 3.8) is 0 Å². The minimum Gasteiger partial charge on any atom is -0.382 e. The molecule has 1 aromatic carbocycles. The van der Waals surface area contributed by atoms with Crippen LogP contribution in [0.2, 0.25) is 0 Å². The van der Waals surface area contributed by atoms with Gasteiger partial charge in [-0.2, -0.15) is 0 Å². The topological polar surface area (TPSA) is 70.2 Å². The number of hydrogen-bond donors (Lipinski definition) is 3. The van der Waals surface area contributed by atoms with E-state index in [0.717, 1.165) is 18.5 Å². The molecule has 5 nitrogen and oxygen atoms in total. The Morgan fingerprint density at radius 2 is 1.81 bits per heavy atom. The van der Waals surface area contributed by atoms with E-state index >= 15 is 0 Å². The van der Waals surface area contributed by atoms with Crippen molar-refractivity contribution in [3.05, 3.63) is 29.8 Å². The van der Waals surface area contributed by atoms with E-state index in [2.05, 4.69) is 16.0 Å². The Morgan fingerprint density at radius 3 is 2.43 bits per heavy atom. The number of amides is 2. The molecule has 5 heteroatoms. The molecule has 114 valence electrons. The summed E-state index contributed by atoms with van der Waals surface area (Å²) in [6, 6.07) is 7.31. The zero-order chi connectivity index (χ0) is 15.4. The van der Waals surface area contributed by atoms with Gasteiger partial charge < -0.3 is 16.0 Å². The molecule has 0 heterocycles. The van der Waals surface area contributed by atoms with E-state index < -0.39 is 6.04 Å². The maximum atomic E-state index is 12.3. The van der Waals surface area contributed by atoms with Crippen LogP contribution in [0.5, 0.6) is 0 Å². The predicted molar refractivity (Wildman–Crippen MR) is 83.3 cm³/mol. The van der Waals surface area contributed by atoms with Crippen LogP contribution in [0.4, 0.5) is 5.69 Å². The van der Waals surface area contributed by atoms with Crippen molar-refractivity contribution in [2.24, 2.45) is 0 Å². The zero-order valence-corrected chi connectivity index (χ0v) is 12.8. The number of nitrogens with one attached hydrogen (secondary N) is 3. The fraction of sp³-hybridized carbons (Fsp3) is 0.500. The summed E-state index contributed by atoms with van der Waals surface area (Å²) < 4.78 is 0. The van der Waals surface area contributed by atoms with Gasteiger partial charge in [0, 0.05) is 17.8 Å². The Hall–Kier alpha value is -2.04. The third kappa shape index (κ3) is 4.48. The third-order valence-corrected chi connectivity index (χ3v) is 3.28. The van der Waals surface area contributed by atoms with Crippen LogP contribution in [0.15, 0.2) is 24.3 Å². The van der Waals surface area contributed by atoms with Gasteiger partial charge in [0.1, 0.15) is 6.04 Å². The molecule has 0 saturated heterocycles. The summed E-state index contributed by atoms with van der Waals surface area (Å²) in [5.41, 5.74) is 1.33. The van der Waals surface area contributed by atoms with E-state index in [1.807, 2.05) is 32.0 Å². The Labute approximate surface area is 125 Å². The maximum Gasteiger partial charge on any atom is 0.254 e. The van der Waals surface area contributed by atoms with Crippen molar-refractivity contribution in [2.45, 2.75) is 51.7 Å². The first kappa shape index (κ1) is 15.4. The molecule has 21 heavy (non-hydrogen) atoms. The number of carbonyl (C=O) groups is 2. The highest BCUT2D eigenvalue weighted by Gasteiger charge is 2.26. The first-order valence-corrected chi connectivity index (χ1v) is 7.44. The number of carbonyl (C=O) groups excluding carboxylic acids is 2. The number of para-hydroxylation sites is 1. The summed E-state index contributed by atoms with van der Waals surface area (Å²) in [5, 5.41) is 8.88. The van der Waals surface area contributed by atoms with E-state index in [1.165, 1.54) is 0 Å². The van der Waals surface area contributed by atoms with Crippen LogP contribution >= 0.6 is 0 Å². The van der Waals surface area contributed by atoms with E-state index in [0.29, 0.717) is 11.6 Å². The van der Waals surface area contributed by atoms with Crippen LogP contribution in [0, 0.1) is 0 Å². The average molecular weight is 289 g/mol. The van der Waals surface area contributed by atoms with Crippen molar-refractivity contribution in [2.75, 3.05) is 5.32 Å². The molecule has 1 aliphatic rings. The van der Waals surface area contributed by atoms with Gasteiger partial charge in [-0.3, -0.25) is 9.59 Å². The van der Waals surface area contributed by atoms with Crippen molar-refractivity contribution in [1.82, 2.24) is 10.6 Å². The van der Waals surface area contributed by atoms with Crippen LogP contribution in [0.1, 0.15) is 44.0 Å². The molecule has 1 unspecified atom stereocenters. The molecule has 1 aromatic rings. The molecule has 1 saturated carbocycles. The van der Waals surface area contributed by atoms with Crippen molar-refractivity contribution in [3.8, 4) is 0 Å². The monoisotopic (exact) mass is 289 g/mol. The standard InChI is InChI=1S/C16H23N3O2/c1-10(2)17-14-7-5-4-6-13(14)16(21)18-11(3)15(20)19-12-8-9-12/h4-7,10-12,17H,8-9H2,1-3H3,(H,18,21)(H,19,20). The Bertz CT molecular complexity index is 524. The SMILES string of the molecule is CC(C)Nc1ccccc1C(=O)NC(C)C(=O)NC1CC1. The lowest BCUT2D eigenvalue weighted by Crippen LogP contribution is -2.45. The molecule has 1 aliphatic carbocycles. The summed E-state index contributed by atoms with van der Waals surface area (Å²) in [6.07, 6.45) is 2.07. The lowest BCUT2D eigenvalue weighted by molar-refractivity contribution is -0.122. The van der Waals surface area contributed by atoms with Crippen LogP contribution in [0.25, 0.3) is 0 Å². The summed E-state index contributed by atoms with van der Waals surface area (Å²) in [6.45, 7) is 5.73. The van der Waals surface area contributed by atoms with Gasteiger partial charge in [0.2, 0.25) is 5.91 Å². The molecule has 0 aromatic heterocycles. The van der Waals surface area contributed by atoms with Crippen molar-refractivity contribution < 1.29 is 9.59 Å². The first-order chi connectivity index (χ1) is 9.97. The lowest BCUT2D eigenvalue weighted by atomic mass is 10.1. The fourth-order valence-corrected chi connectivity index (χ4v) is 2.01. The molecular weight excluding hydrogens is 266 g/mol. The summed E-state index contributed by atoms with van der Waals surface area (Å²) in [7, 11) is 0. The molecule has 2 amide bonds. The van der Waals surface area contributed by atoms with Gasteiger partial charge in [0.15, 0.2) is 0 Å². The maximum absolute atomic E-state index is 12.3. The van der Waals surface area contributed by atoms with Crippen LogP contribution in [0.3, 0.4) is 0 Å². The largest absolute Gasteiger partial charge is 0.382 e. The Morgan fingerprint density at radius 1 is 1.14 bits per heavy atom. The van der Waals surface area contributed by atoms with Crippen molar-refractivity contribution in [1.29, 1.82) is 0 Å². The van der Waals surface area contributed by atoms with Gasteiger partial charge in [-0.15, -0.1) is 0 Å². The zero-order valence-electron chi connectivity index (χ0n) is 12.8. The lowest BCUT2D eigenvalue weighted by Gasteiger charge is -2.17. The highest BCUT2D eigenvalue weighted by molar-refractivity contribution is 6.01. The molecule has 1 fully saturated rings. The number of hydrogen-bond acceptors (Lipinski definition) is 3. The van der Waals surface area contributed by atoms with Gasteiger partial charge in [0.05, 0.1) is 5.56 Å². The smallest absolute Gasteiger partial charge is 0.254 e.